The van der Waals surface area contributed by atoms with Crippen molar-refractivity contribution < 1.29 is 31.5 Å². The van der Waals surface area contributed by atoms with Gasteiger partial charge in [-0.2, -0.15) is 13.2 Å². The van der Waals surface area contributed by atoms with Gasteiger partial charge in [0.25, 0.3) is 0 Å². The lowest BCUT2D eigenvalue weighted by Gasteiger charge is -2.10. The minimum absolute atomic E-state index is 0.00534. The molecule has 14 heteroatoms. The van der Waals surface area contributed by atoms with E-state index in [1.807, 2.05) is 0 Å². The van der Waals surface area contributed by atoms with E-state index in [0.717, 1.165) is 17.6 Å². The van der Waals surface area contributed by atoms with Crippen molar-refractivity contribution in [1.82, 2.24) is 10.2 Å². The van der Waals surface area contributed by atoms with Crippen LogP contribution in [0.3, 0.4) is 0 Å². The lowest BCUT2D eigenvalue weighted by Crippen LogP contribution is -2.23. The molecule has 0 fully saturated rings. The molecule has 0 atom stereocenters. The van der Waals surface area contributed by atoms with Gasteiger partial charge < -0.3 is 10.8 Å². The number of hydrogen-bond acceptors (Lipinski definition) is 8. The van der Waals surface area contributed by atoms with E-state index in [1.165, 1.54) is 24.3 Å². The van der Waals surface area contributed by atoms with E-state index in [4.69, 9.17) is 22.4 Å². The van der Waals surface area contributed by atoms with E-state index >= 15 is 0 Å². The Hall–Kier alpha value is -2.51. The number of halogens is 4. The van der Waals surface area contributed by atoms with E-state index in [1.54, 1.807) is 0 Å². The highest BCUT2D eigenvalue weighted by Gasteiger charge is 2.36. The molecule has 0 amide bonds. The van der Waals surface area contributed by atoms with Crippen molar-refractivity contribution >= 4 is 44.5 Å². The maximum atomic E-state index is 12.9. The van der Waals surface area contributed by atoms with E-state index in [0.29, 0.717) is 5.56 Å². The molecule has 0 aliphatic heterocycles. The van der Waals surface area contributed by atoms with Gasteiger partial charge in [0.1, 0.15) is 23.0 Å². The number of nitrogens with zero attached hydrogens (tertiary/aromatic N) is 3. The number of carboxylic acids is 1. The molecule has 0 aliphatic rings. The summed E-state index contributed by atoms with van der Waals surface area (Å²) in [4.78, 5) is 14.3. The Kier molecular flexibility index (Phi) is 6.65. The van der Waals surface area contributed by atoms with Gasteiger partial charge >= 0.3 is 12.1 Å². The number of carboxylic acid groups (broad SMARTS) is 1. The standard InChI is InChI=1S/C15H12ClF3N4O4S2/c1-29(26,27)8-4-2-3-7(5-8)13-22-23-14(28-13)11(21-6-9(24)25)10(16)12(20)15(17,18)19/h2-5H,6,20H2,1H3,(H,24,25)/b12-10+,21-11?. The molecule has 0 aliphatic carbocycles. The first-order valence-electron chi connectivity index (χ1n) is 7.44. The van der Waals surface area contributed by atoms with Crippen molar-refractivity contribution in [2.75, 3.05) is 12.8 Å². The van der Waals surface area contributed by atoms with Crippen LogP contribution in [-0.4, -0.2) is 54.4 Å². The molecule has 0 saturated heterocycles. The van der Waals surface area contributed by atoms with Crippen LogP contribution in [0, 0.1) is 0 Å². The Bertz CT molecular complexity index is 1110. The number of allylic oxidation sites excluding steroid dienone is 2. The van der Waals surface area contributed by atoms with Crippen LogP contribution in [0.5, 0.6) is 0 Å². The van der Waals surface area contributed by atoms with Gasteiger partial charge in [-0.25, -0.2) is 8.42 Å². The fourth-order valence-electron chi connectivity index (χ4n) is 1.92. The number of hydrogen-bond donors (Lipinski definition) is 2. The quantitative estimate of drug-likeness (QED) is 0.621. The molecule has 0 spiro atoms. The van der Waals surface area contributed by atoms with Gasteiger partial charge in [-0.15, -0.1) is 10.2 Å². The molecule has 2 rings (SSSR count). The third-order valence-corrected chi connectivity index (χ3v) is 5.73. The van der Waals surface area contributed by atoms with Crippen LogP contribution in [-0.2, 0) is 14.6 Å². The summed E-state index contributed by atoms with van der Waals surface area (Å²) in [6, 6.07) is 5.66. The number of aromatic nitrogens is 2. The second-order valence-corrected chi connectivity index (χ2v) is 8.87. The summed E-state index contributed by atoms with van der Waals surface area (Å²) in [5.74, 6) is -1.41. The monoisotopic (exact) mass is 468 g/mol. The molecule has 2 aromatic rings. The Morgan fingerprint density at radius 2 is 2.00 bits per heavy atom. The summed E-state index contributed by atoms with van der Waals surface area (Å²) in [6.45, 7) is -0.880. The van der Waals surface area contributed by atoms with Crippen LogP contribution in [0.1, 0.15) is 5.01 Å². The molecule has 29 heavy (non-hydrogen) atoms. The predicted octanol–water partition coefficient (Wildman–Crippen LogP) is 2.45. The summed E-state index contributed by atoms with van der Waals surface area (Å²) in [7, 11) is -3.50. The Labute approximate surface area is 171 Å². The van der Waals surface area contributed by atoms with Crippen molar-refractivity contribution in [2.45, 2.75) is 11.1 Å². The zero-order valence-corrected chi connectivity index (χ0v) is 16.8. The van der Waals surface area contributed by atoms with E-state index in [9.17, 15) is 26.4 Å². The predicted molar refractivity (Wildman–Crippen MR) is 101 cm³/mol. The minimum atomic E-state index is -4.97. The molecule has 0 bridgehead atoms. The normalized spacial score (nSPS) is 13.9. The summed E-state index contributed by atoms with van der Waals surface area (Å²) in [6.07, 6.45) is -3.96. The van der Waals surface area contributed by atoms with Crippen molar-refractivity contribution in [3.8, 4) is 10.6 Å². The number of benzene rings is 1. The second kappa shape index (κ2) is 8.47. The van der Waals surface area contributed by atoms with Gasteiger partial charge in [-0.3, -0.25) is 9.79 Å². The smallest absolute Gasteiger partial charge is 0.432 e. The molecule has 1 aromatic carbocycles. The SMILES string of the molecule is CS(=O)(=O)c1cccc(-c2nnc(C(=NCC(=O)O)/C(Cl)=C(\N)C(F)(F)F)s2)c1. The van der Waals surface area contributed by atoms with Crippen molar-refractivity contribution in [2.24, 2.45) is 10.7 Å². The van der Waals surface area contributed by atoms with Crippen molar-refractivity contribution in [1.29, 1.82) is 0 Å². The maximum Gasteiger partial charge on any atom is 0.432 e. The molecule has 156 valence electrons. The number of aliphatic carboxylic acids is 1. The van der Waals surface area contributed by atoms with Crippen LogP contribution in [0.2, 0.25) is 0 Å². The zero-order chi connectivity index (χ0) is 22.0. The fourth-order valence-corrected chi connectivity index (χ4v) is 3.76. The highest BCUT2D eigenvalue weighted by atomic mass is 35.5. The van der Waals surface area contributed by atoms with E-state index in [2.05, 4.69) is 15.2 Å². The molecule has 1 heterocycles. The second-order valence-electron chi connectivity index (χ2n) is 5.50. The molecule has 1 aromatic heterocycles. The van der Waals surface area contributed by atoms with Crippen LogP contribution in [0.4, 0.5) is 13.2 Å². The number of aliphatic imine (C=N–C) groups is 1. The lowest BCUT2D eigenvalue weighted by molar-refractivity contribution is -0.135. The van der Waals surface area contributed by atoms with Crippen molar-refractivity contribution in [3.05, 3.63) is 40.0 Å². The largest absolute Gasteiger partial charge is 0.480 e. The molecule has 0 unspecified atom stereocenters. The zero-order valence-electron chi connectivity index (χ0n) is 14.4. The van der Waals surface area contributed by atoms with Gasteiger partial charge in [-0.05, 0) is 12.1 Å². The summed E-state index contributed by atoms with van der Waals surface area (Å²) in [5, 5.41) is 15.2. The minimum Gasteiger partial charge on any atom is -0.480 e. The van der Waals surface area contributed by atoms with Gasteiger partial charge in [0.15, 0.2) is 14.8 Å². The Morgan fingerprint density at radius 1 is 1.34 bits per heavy atom. The van der Waals surface area contributed by atoms with Gasteiger partial charge in [0.2, 0.25) is 0 Å². The maximum absolute atomic E-state index is 12.9. The Morgan fingerprint density at radius 3 is 2.55 bits per heavy atom. The number of rotatable bonds is 6. The average Bonchev–Trinajstić information content (AvgIpc) is 3.09. The topological polar surface area (TPSA) is 136 Å². The first kappa shape index (κ1) is 22.8. The van der Waals surface area contributed by atoms with Crippen LogP contribution in [0.25, 0.3) is 10.6 Å². The van der Waals surface area contributed by atoms with Crippen molar-refractivity contribution in [3.63, 3.8) is 0 Å². The summed E-state index contributed by atoms with van der Waals surface area (Å²) < 4.78 is 62.0. The fraction of sp³-hybridized carbons (Fsp3) is 0.200. The van der Waals surface area contributed by atoms with Gasteiger partial charge in [-0.1, -0.05) is 35.1 Å². The number of alkyl halides is 3. The highest BCUT2D eigenvalue weighted by Crippen LogP contribution is 2.31. The van der Waals surface area contributed by atoms with Gasteiger partial charge in [0.05, 0.1) is 9.93 Å². The van der Waals surface area contributed by atoms with Crippen LogP contribution in [0.15, 0.2) is 44.9 Å². The molecular weight excluding hydrogens is 457 g/mol. The highest BCUT2D eigenvalue weighted by molar-refractivity contribution is 7.90. The number of nitrogens with two attached hydrogens (primary N) is 1. The molecule has 8 nitrogen and oxygen atoms in total. The average molecular weight is 469 g/mol. The molecule has 0 radical (unpaired) electrons. The summed E-state index contributed by atoms with van der Waals surface area (Å²) in [5.41, 5.74) is 3.08. The molecule has 3 N–H and O–H groups in total. The number of sulfone groups is 1. The van der Waals surface area contributed by atoms with E-state index in [-0.39, 0.29) is 14.9 Å². The first-order chi connectivity index (χ1) is 13.3. The first-order valence-corrected chi connectivity index (χ1v) is 10.5. The molecule has 0 saturated carbocycles. The van der Waals surface area contributed by atoms with E-state index < -0.39 is 45.0 Å². The van der Waals surface area contributed by atoms with Crippen LogP contribution >= 0.6 is 22.9 Å². The van der Waals surface area contributed by atoms with Gasteiger partial charge in [0, 0.05) is 11.8 Å². The Balaban J connectivity index is 2.55. The summed E-state index contributed by atoms with van der Waals surface area (Å²) >= 11 is 6.45. The third-order valence-electron chi connectivity index (χ3n) is 3.26. The third kappa shape index (κ3) is 5.74. The van der Waals surface area contributed by atoms with Crippen LogP contribution < -0.4 is 5.73 Å². The molecular formula is C15H12ClF3N4O4S2. The lowest BCUT2D eigenvalue weighted by atomic mass is 10.2. The number of carbonyl (C=O) groups is 1.